The van der Waals surface area contributed by atoms with Crippen molar-refractivity contribution < 1.29 is 9.53 Å². The molecule has 25 heavy (non-hydrogen) atoms. The van der Waals surface area contributed by atoms with Crippen LogP contribution in [0.5, 0.6) is 0 Å². The van der Waals surface area contributed by atoms with Crippen LogP contribution in [0.15, 0.2) is 54.6 Å². The molecule has 0 bridgehead atoms. The maximum Gasteiger partial charge on any atom is 0.226 e. The lowest BCUT2D eigenvalue weighted by Gasteiger charge is -2.31. The zero-order valence-electron chi connectivity index (χ0n) is 14.9. The van der Waals surface area contributed by atoms with Crippen molar-refractivity contribution in [1.82, 2.24) is 5.32 Å². The first-order valence-corrected chi connectivity index (χ1v) is 8.85. The third kappa shape index (κ3) is 4.40. The van der Waals surface area contributed by atoms with Gasteiger partial charge in [0.2, 0.25) is 5.91 Å². The van der Waals surface area contributed by atoms with Gasteiger partial charge in [-0.05, 0) is 36.1 Å². The number of nitrogens with zero attached hydrogens (tertiary/aromatic N) is 1. The first-order chi connectivity index (χ1) is 12.1. The lowest BCUT2D eigenvalue weighted by molar-refractivity contribution is -0.134. The molecule has 0 spiro atoms. The highest BCUT2D eigenvalue weighted by atomic mass is 16.5. The molecule has 0 aliphatic carbocycles. The van der Waals surface area contributed by atoms with Crippen molar-refractivity contribution in [1.29, 1.82) is 0 Å². The van der Waals surface area contributed by atoms with E-state index in [4.69, 9.17) is 4.74 Å². The van der Waals surface area contributed by atoms with Gasteiger partial charge in [0.25, 0.3) is 0 Å². The molecule has 2 aromatic carbocycles. The Morgan fingerprint density at radius 3 is 2.52 bits per heavy atom. The van der Waals surface area contributed by atoms with Crippen LogP contribution in [0, 0.1) is 5.92 Å². The molecule has 0 saturated carbocycles. The van der Waals surface area contributed by atoms with Crippen molar-refractivity contribution in [2.75, 3.05) is 25.6 Å². The molecule has 0 aromatic heterocycles. The maximum atomic E-state index is 12.7. The molecule has 4 heteroatoms. The van der Waals surface area contributed by atoms with Crippen molar-refractivity contribution in [2.24, 2.45) is 5.92 Å². The number of ether oxygens (including phenoxy) is 1. The van der Waals surface area contributed by atoms with Gasteiger partial charge in [0.15, 0.2) is 0 Å². The van der Waals surface area contributed by atoms with E-state index < -0.39 is 0 Å². The van der Waals surface area contributed by atoms with Crippen molar-refractivity contribution >= 4 is 11.6 Å². The lowest BCUT2D eigenvalue weighted by atomic mass is 9.88. The van der Waals surface area contributed by atoms with E-state index in [9.17, 15) is 4.79 Å². The number of hydrogen-bond acceptors (Lipinski definition) is 3. The van der Waals surface area contributed by atoms with Gasteiger partial charge in [-0.15, -0.1) is 0 Å². The highest BCUT2D eigenvalue weighted by molar-refractivity contribution is 5.79. The SMILES string of the molecule is CN(C)c1ccc(CNC(=O)[C@H]2CCCO[C@@H]2c2ccccc2)cc1. The van der Waals surface area contributed by atoms with E-state index >= 15 is 0 Å². The minimum absolute atomic E-state index is 0.0743. The number of hydrogen-bond donors (Lipinski definition) is 1. The summed E-state index contributed by atoms with van der Waals surface area (Å²) < 4.78 is 5.93. The highest BCUT2D eigenvalue weighted by Gasteiger charge is 2.32. The summed E-state index contributed by atoms with van der Waals surface area (Å²) in [5.74, 6) is -0.0533. The van der Waals surface area contributed by atoms with E-state index in [1.54, 1.807) is 0 Å². The molecule has 1 amide bonds. The highest BCUT2D eigenvalue weighted by Crippen LogP contribution is 2.33. The van der Waals surface area contributed by atoms with Crippen LogP contribution < -0.4 is 10.2 Å². The van der Waals surface area contributed by atoms with E-state index in [2.05, 4.69) is 34.5 Å². The normalized spacial score (nSPS) is 20.1. The van der Waals surface area contributed by atoms with Gasteiger partial charge in [-0.3, -0.25) is 4.79 Å². The monoisotopic (exact) mass is 338 g/mol. The minimum Gasteiger partial charge on any atom is -0.378 e. The summed E-state index contributed by atoms with van der Waals surface area (Å²) >= 11 is 0. The number of carbonyl (C=O) groups excluding carboxylic acids is 1. The fraction of sp³-hybridized carbons (Fsp3) is 0.381. The third-order valence-corrected chi connectivity index (χ3v) is 4.71. The Hall–Kier alpha value is -2.33. The van der Waals surface area contributed by atoms with Crippen LogP contribution in [0.25, 0.3) is 0 Å². The van der Waals surface area contributed by atoms with Crippen molar-refractivity contribution in [3.05, 3.63) is 65.7 Å². The van der Waals surface area contributed by atoms with Gasteiger partial charge in [-0.2, -0.15) is 0 Å². The Bertz CT molecular complexity index is 683. The average molecular weight is 338 g/mol. The summed E-state index contributed by atoms with van der Waals surface area (Å²) in [6.45, 7) is 1.26. The molecule has 1 heterocycles. The molecule has 132 valence electrons. The standard InChI is InChI=1S/C21H26N2O2/c1-23(2)18-12-10-16(11-13-18)15-22-21(24)19-9-6-14-25-20(19)17-7-4-3-5-8-17/h3-5,7-8,10-13,19-20H,6,9,14-15H2,1-2H3,(H,22,24)/t19-,20+/m0/s1. The van der Waals surface area contributed by atoms with Crippen LogP contribution in [0.3, 0.4) is 0 Å². The van der Waals surface area contributed by atoms with E-state index in [1.807, 2.05) is 44.4 Å². The van der Waals surface area contributed by atoms with Gasteiger partial charge in [-0.25, -0.2) is 0 Å². The first kappa shape index (κ1) is 17.5. The number of anilines is 1. The van der Waals surface area contributed by atoms with Crippen molar-refractivity contribution in [2.45, 2.75) is 25.5 Å². The molecular formula is C21H26N2O2. The van der Waals surface area contributed by atoms with E-state index in [0.717, 1.165) is 36.3 Å². The quantitative estimate of drug-likeness (QED) is 0.907. The minimum atomic E-state index is -0.147. The predicted molar refractivity (Wildman–Crippen MR) is 100 cm³/mol. The van der Waals surface area contributed by atoms with Crippen LogP contribution >= 0.6 is 0 Å². The van der Waals surface area contributed by atoms with Gasteiger partial charge >= 0.3 is 0 Å². The topological polar surface area (TPSA) is 41.6 Å². The largest absolute Gasteiger partial charge is 0.378 e. The van der Waals surface area contributed by atoms with Gasteiger partial charge in [0.1, 0.15) is 0 Å². The van der Waals surface area contributed by atoms with Crippen LogP contribution in [0.4, 0.5) is 5.69 Å². The molecule has 3 rings (SSSR count). The second-order valence-electron chi connectivity index (χ2n) is 6.73. The second kappa shape index (κ2) is 8.17. The fourth-order valence-corrected chi connectivity index (χ4v) is 3.25. The average Bonchev–Trinajstić information content (AvgIpc) is 2.67. The zero-order valence-corrected chi connectivity index (χ0v) is 14.9. The predicted octanol–water partition coefficient (Wildman–Crippen LogP) is 3.54. The number of carbonyl (C=O) groups is 1. The zero-order chi connectivity index (χ0) is 17.6. The molecule has 2 aromatic rings. The number of rotatable bonds is 5. The van der Waals surface area contributed by atoms with Gasteiger partial charge in [0.05, 0.1) is 12.0 Å². The number of amides is 1. The molecule has 1 aliphatic heterocycles. The van der Waals surface area contributed by atoms with Crippen LogP contribution in [-0.2, 0) is 16.1 Å². The fourth-order valence-electron chi connectivity index (χ4n) is 3.25. The summed E-state index contributed by atoms with van der Waals surface area (Å²) in [7, 11) is 4.03. The Balaban J connectivity index is 1.63. The van der Waals surface area contributed by atoms with Crippen LogP contribution in [0.2, 0.25) is 0 Å². The molecule has 1 N–H and O–H groups in total. The van der Waals surface area contributed by atoms with Crippen LogP contribution in [0.1, 0.15) is 30.1 Å². The van der Waals surface area contributed by atoms with Gasteiger partial charge in [0, 0.05) is 32.9 Å². The molecule has 0 unspecified atom stereocenters. The Morgan fingerprint density at radius 2 is 1.84 bits per heavy atom. The third-order valence-electron chi connectivity index (χ3n) is 4.71. The molecular weight excluding hydrogens is 312 g/mol. The maximum absolute atomic E-state index is 12.7. The van der Waals surface area contributed by atoms with E-state index in [-0.39, 0.29) is 17.9 Å². The molecule has 1 fully saturated rings. The van der Waals surface area contributed by atoms with Crippen molar-refractivity contribution in [3.8, 4) is 0 Å². The smallest absolute Gasteiger partial charge is 0.226 e. The molecule has 1 aliphatic rings. The molecule has 4 nitrogen and oxygen atoms in total. The lowest BCUT2D eigenvalue weighted by Crippen LogP contribution is -2.37. The van der Waals surface area contributed by atoms with Crippen LogP contribution in [-0.4, -0.2) is 26.6 Å². The molecule has 0 radical (unpaired) electrons. The summed E-state index contributed by atoms with van der Waals surface area (Å²) in [4.78, 5) is 14.8. The van der Waals surface area contributed by atoms with Gasteiger partial charge < -0.3 is 15.0 Å². The molecule has 1 saturated heterocycles. The Labute approximate surface area is 149 Å². The van der Waals surface area contributed by atoms with Crippen molar-refractivity contribution in [3.63, 3.8) is 0 Å². The summed E-state index contributed by atoms with van der Waals surface area (Å²) in [6.07, 6.45) is 1.65. The Kier molecular flexibility index (Phi) is 5.71. The number of benzene rings is 2. The molecule has 2 atom stereocenters. The first-order valence-electron chi connectivity index (χ1n) is 8.85. The van der Waals surface area contributed by atoms with Gasteiger partial charge in [-0.1, -0.05) is 42.5 Å². The van der Waals surface area contributed by atoms with E-state index in [1.165, 1.54) is 0 Å². The summed E-state index contributed by atoms with van der Waals surface area (Å²) in [6, 6.07) is 18.3. The Morgan fingerprint density at radius 1 is 1.12 bits per heavy atom. The number of nitrogens with one attached hydrogen (secondary N) is 1. The summed E-state index contributed by atoms with van der Waals surface area (Å²) in [5.41, 5.74) is 3.34. The summed E-state index contributed by atoms with van der Waals surface area (Å²) in [5, 5.41) is 3.08. The second-order valence-corrected chi connectivity index (χ2v) is 6.73. The van der Waals surface area contributed by atoms with E-state index in [0.29, 0.717) is 6.54 Å².